The molecule has 0 aromatic heterocycles. The number of amides is 2. The molecular formula is C8H20N2O4Si. The lowest BCUT2D eigenvalue weighted by atomic mass is 10.9. The van der Waals surface area contributed by atoms with Crippen LogP contribution in [0.15, 0.2) is 0 Å². The maximum atomic E-state index is 9.33. The molecule has 0 radical (unpaired) electrons. The first-order chi connectivity index (χ1) is 7.08. The number of hydrogen-bond acceptors (Lipinski definition) is 4. The van der Waals surface area contributed by atoms with E-state index in [0.717, 1.165) is 0 Å². The van der Waals surface area contributed by atoms with Crippen molar-refractivity contribution in [3.63, 3.8) is 0 Å². The largest absolute Gasteiger partial charge is 0.497 e. The molecule has 1 aliphatic heterocycles. The van der Waals surface area contributed by atoms with Gasteiger partial charge in [0.15, 0.2) is 0 Å². The number of urea groups is 1. The van der Waals surface area contributed by atoms with Crippen LogP contribution in [0, 0.1) is 0 Å². The lowest BCUT2D eigenvalue weighted by Crippen LogP contribution is -2.42. The van der Waals surface area contributed by atoms with Crippen molar-refractivity contribution in [2.24, 2.45) is 0 Å². The number of hydrogen-bond donors (Lipinski definition) is 2. The van der Waals surface area contributed by atoms with Gasteiger partial charge in [-0.1, -0.05) is 0 Å². The van der Waals surface area contributed by atoms with Crippen molar-refractivity contribution in [1.82, 2.24) is 10.9 Å². The Kier molecular flexibility index (Phi) is 7.31. The van der Waals surface area contributed by atoms with Crippen molar-refractivity contribution in [2.75, 3.05) is 19.8 Å². The van der Waals surface area contributed by atoms with Crippen LogP contribution in [0.3, 0.4) is 0 Å². The van der Waals surface area contributed by atoms with Crippen molar-refractivity contribution in [3.05, 3.63) is 0 Å². The Bertz CT molecular complexity index is 168. The van der Waals surface area contributed by atoms with Gasteiger partial charge in [-0.15, -0.1) is 0 Å². The summed E-state index contributed by atoms with van der Waals surface area (Å²) >= 11 is 0. The average Bonchev–Trinajstić information content (AvgIpc) is 2.89. The molecule has 15 heavy (non-hydrogen) atoms. The molecule has 90 valence electrons. The first kappa shape index (κ1) is 14.4. The summed E-state index contributed by atoms with van der Waals surface area (Å²) < 4.78 is 16.2. The molecule has 1 fully saturated rings. The van der Waals surface area contributed by atoms with Gasteiger partial charge in [-0.2, -0.15) is 0 Å². The van der Waals surface area contributed by atoms with Crippen LogP contribution in [0.4, 0.5) is 4.79 Å². The molecule has 1 saturated heterocycles. The van der Waals surface area contributed by atoms with Gasteiger partial charge >= 0.3 is 14.8 Å². The fourth-order valence-corrected chi connectivity index (χ4v) is 2.76. The zero-order valence-electron chi connectivity index (χ0n) is 9.75. The van der Waals surface area contributed by atoms with Gasteiger partial charge < -0.3 is 13.3 Å². The predicted octanol–water partition coefficient (Wildman–Crippen LogP) is 0.879. The van der Waals surface area contributed by atoms with Crippen molar-refractivity contribution in [2.45, 2.75) is 27.3 Å². The van der Waals surface area contributed by atoms with Crippen LogP contribution in [0.25, 0.3) is 0 Å². The second-order valence-corrected chi connectivity index (χ2v) is 5.33. The van der Waals surface area contributed by atoms with Gasteiger partial charge in [0, 0.05) is 26.4 Å². The molecule has 0 aliphatic carbocycles. The van der Waals surface area contributed by atoms with Crippen LogP contribution < -0.4 is 10.9 Å². The highest BCUT2D eigenvalue weighted by molar-refractivity contribution is 6.59. The highest BCUT2D eigenvalue weighted by atomic mass is 28.4. The Balaban J connectivity index is 0.000000401. The quantitative estimate of drug-likeness (QED) is 0.529. The number of nitrogens with one attached hydrogen (secondary N) is 2. The third-order valence-electron chi connectivity index (χ3n) is 1.45. The average molecular weight is 236 g/mol. The Morgan fingerprint density at radius 2 is 1.27 bits per heavy atom. The minimum absolute atomic E-state index is 0.0833. The minimum atomic E-state index is -2.25. The van der Waals surface area contributed by atoms with E-state index >= 15 is 0 Å². The summed E-state index contributed by atoms with van der Waals surface area (Å²) in [6, 6.07) is -0.0833. The van der Waals surface area contributed by atoms with Crippen molar-refractivity contribution < 1.29 is 18.1 Å². The molecule has 0 atom stereocenters. The van der Waals surface area contributed by atoms with Gasteiger partial charge in [-0.05, 0) is 20.8 Å². The Morgan fingerprint density at radius 3 is 1.40 bits per heavy atom. The predicted molar refractivity (Wildman–Crippen MR) is 58.2 cm³/mol. The molecule has 0 spiro atoms. The summed E-state index contributed by atoms with van der Waals surface area (Å²) in [5.41, 5.74) is 4.42. The molecule has 7 heteroatoms. The summed E-state index contributed by atoms with van der Waals surface area (Å²) in [6.45, 7) is 9.73. The Labute approximate surface area is 91.6 Å². The maximum Gasteiger partial charge on any atom is 0.497 e. The summed E-state index contributed by atoms with van der Waals surface area (Å²) in [5, 5.41) is 0. The van der Waals surface area contributed by atoms with Gasteiger partial charge in [0.25, 0.3) is 0 Å². The molecule has 0 saturated carbocycles. The summed E-state index contributed by atoms with van der Waals surface area (Å²) in [7, 11) is -2.25. The van der Waals surface area contributed by atoms with Crippen LogP contribution in [0.5, 0.6) is 0 Å². The molecule has 0 bridgehead atoms. The second-order valence-electron chi connectivity index (χ2n) is 2.74. The minimum Gasteiger partial charge on any atom is -0.374 e. The molecule has 1 heterocycles. The van der Waals surface area contributed by atoms with E-state index in [1.165, 1.54) is 0 Å². The van der Waals surface area contributed by atoms with Crippen LogP contribution in [-0.4, -0.2) is 34.7 Å². The van der Waals surface area contributed by atoms with Gasteiger partial charge in [0.1, 0.15) is 0 Å². The third-order valence-corrected chi connectivity index (χ3v) is 3.89. The van der Waals surface area contributed by atoms with Crippen LogP contribution in [0.2, 0.25) is 6.55 Å². The SMILES string of the molecule is CCO[Si](C)(OCC)OCC.O=C1NN1. The third kappa shape index (κ3) is 8.37. The van der Waals surface area contributed by atoms with E-state index in [0.29, 0.717) is 19.8 Å². The number of rotatable bonds is 6. The zero-order valence-corrected chi connectivity index (χ0v) is 10.8. The maximum absolute atomic E-state index is 9.33. The lowest BCUT2D eigenvalue weighted by Gasteiger charge is -2.23. The molecule has 2 amide bonds. The molecule has 1 rings (SSSR count). The molecular weight excluding hydrogens is 216 g/mol. The summed E-state index contributed by atoms with van der Waals surface area (Å²) in [4.78, 5) is 9.33. The summed E-state index contributed by atoms with van der Waals surface area (Å²) in [6.07, 6.45) is 0. The van der Waals surface area contributed by atoms with E-state index in [1.807, 2.05) is 27.3 Å². The van der Waals surface area contributed by atoms with Gasteiger partial charge in [0.05, 0.1) is 0 Å². The van der Waals surface area contributed by atoms with Gasteiger partial charge in [-0.25, -0.2) is 15.6 Å². The van der Waals surface area contributed by atoms with E-state index in [9.17, 15) is 4.79 Å². The van der Waals surface area contributed by atoms with E-state index in [-0.39, 0.29) is 6.03 Å². The first-order valence-electron chi connectivity index (χ1n) is 5.05. The van der Waals surface area contributed by atoms with E-state index in [2.05, 4.69) is 10.9 Å². The zero-order chi connectivity index (χ0) is 11.7. The van der Waals surface area contributed by atoms with Gasteiger partial charge in [-0.3, -0.25) is 0 Å². The van der Waals surface area contributed by atoms with Crippen molar-refractivity contribution >= 4 is 14.8 Å². The van der Waals surface area contributed by atoms with E-state index < -0.39 is 8.80 Å². The molecule has 1 aliphatic rings. The fraction of sp³-hybridized carbons (Fsp3) is 0.875. The first-order valence-corrected chi connectivity index (χ1v) is 7.28. The topological polar surface area (TPSA) is 88.6 Å². The van der Waals surface area contributed by atoms with Crippen LogP contribution >= 0.6 is 0 Å². The standard InChI is InChI=1S/C7H18O3Si.CH2N2O/c1-5-8-11(4,9-6-2)10-7-3;4-1-2-3-1/h5-7H2,1-4H3;(H2,2,3,4). The lowest BCUT2D eigenvalue weighted by molar-refractivity contribution is 0.0783. The van der Waals surface area contributed by atoms with Crippen molar-refractivity contribution in [1.29, 1.82) is 0 Å². The van der Waals surface area contributed by atoms with Crippen LogP contribution in [0.1, 0.15) is 20.8 Å². The highest BCUT2D eigenvalue weighted by Gasteiger charge is 2.32. The van der Waals surface area contributed by atoms with Crippen LogP contribution in [-0.2, 0) is 13.3 Å². The molecule has 0 aromatic carbocycles. The molecule has 6 nitrogen and oxygen atoms in total. The normalized spacial score (nSPS) is 13.5. The fourth-order valence-electron chi connectivity index (χ4n) is 0.937. The molecule has 2 N–H and O–H groups in total. The Hall–Kier alpha value is -0.633. The Morgan fingerprint density at radius 1 is 1.00 bits per heavy atom. The second kappa shape index (κ2) is 7.63. The molecule has 0 unspecified atom stereocenters. The number of carbonyl (C=O) groups excluding carboxylic acids is 1. The van der Waals surface area contributed by atoms with Gasteiger partial charge in [0.2, 0.25) is 0 Å². The highest BCUT2D eigenvalue weighted by Crippen LogP contribution is 2.08. The smallest absolute Gasteiger partial charge is 0.374 e. The summed E-state index contributed by atoms with van der Waals surface area (Å²) in [5.74, 6) is 0. The number of hydrazine groups is 1. The van der Waals surface area contributed by atoms with E-state index in [4.69, 9.17) is 13.3 Å². The molecule has 0 aromatic rings. The number of carbonyl (C=O) groups is 1. The monoisotopic (exact) mass is 236 g/mol. The van der Waals surface area contributed by atoms with E-state index in [1.54, 1.807) is 0 Å². The van der Waals surface area contributed by atoms with Crippen molar-refractivity contribution in [3.8, 4) is 0 Å².